The van der Waals surface area contributed by atoms with E-state index in [-0.39, 0.29) is 17.9 Å². The van der Waals surface area contributed by atoms with E-state index in [1.165, 1.54) is 11.3 Å². The van der Waals surface area contributed by atoms with Crippen LogP contribution in [0.5, 0.6) is 0 Å². The van der Waals surface area contributed by atoms with Crippen molar-refractivity contribution in [1.29, 1.82) is 0 Å². The van der Waals surface area contributed by atoms with Gasteiger partial charge in [0, 0.05) is 32.3 Å². The molecular formula is C17H20N4O2S. The SMILES string of the molecule is CC(=O)N1CCC(NC(=O)c2sc(-c3ccccn3)nc2C)CC1. The molecule has 0 bridgehead atoms. The van der Waals surface area contributed by atoms with Crippen molar-refractivity contribution in [2.24, 2.45) is 0 Å². The molecule has 2 aromatic heterocycles. The predicted molar refractivity (Wildman–Crippen MR) is 92.8 cm³/mol. The summed E-state index contributed by atoms with van der Waals surface area (Å²) in [6.45, 7) is 4.82. The summed E-state index contributed by atoms with van der Waals surface area (Å²) in [6, 6.07) is 5.75. The van der Waals surface area contributed by atoms with Crippen LogP contribution in [0.1, 0.15) is 35.1 Å². The first-order valence-electron chi connectivity index (χ1n) is 8.00. The largest absolute Gasteiger partial charge is 0.348 e. The average molecular weight is 344 g/mol. The number of hydrogen-bond donors (Lipinski definition) is 1. The summed E-state index contributed by atoms with van der Waals surface area (Å²) in [5.41, 5.74) is 1.50. The average Bonchev–Trinajstić information content (AvgIpc) is 2.98. The van der Waals surface area contributed by atoms with E-state index in [1.54, 1.807) is 13.1 Å². The molecular weight excluding hydrogens is 324 g/mol. The van der Waals surface area contributed by atoms with E-state index in [2.05, 4.69) is 15.3 Å². The fraction of sp³-hybridized carbons (Fsp3) is 0.412. The second-order valence-corrected chi connectivity index (χ2v) is 6.90. The number of pyridine rings is 1. The maximum atomic E-state index is 12.6. The van der Waals surface area contributed by atoms with E-state index < -0.39 is 0 Å². The second-order valence-electron chi connectivity index (χ2n) is 5.90. The molecule has 0 atom stereocenters. The van der Waals surface area contributed by atoms with Crippen LogP contribution < -0.4 is 5.32 Å². The number of likely N-dealkylation sites (tertiary alicyclic amines) is 1. The molecule has 2 aromatic rings. The van der Waals surface area contributed by atoms with Gasteiger partial charge in [0.15, 0.2) is 0 Å². The van der Waals surface area contributed by atoms with Crippen molar-refractivity contribution < 1.29 is 9.59 Å². The highest BCUT2D eigenvalue weighted by atomic mass is 32.1. The Morgan fingerprint density at radius 1 is 1.29 bits per heavy atom. The zero-order chi connectivity index (χ0) is 17.1. The van der Waals surface area contributed by atoms with Crippen molar-refractivity contribution in [2.75, 3.05) is 13.1 Å². The molecule has 7 heteroatoms. The summed E-state index contributed by atoms with van der Waals surface area (Å²) in [5.74, 6) is 0.00605. The Kier molecular flexibility index (Phi) is 4.89. The van der Waals surface area contributed by atoms with Crippen LogP contribution in [0.4, 0.5) is 0 Å². The minimum absolute atomic E-state index is 0.0894. The Bertz CT molecular complexity index is 736. The molecule has 0 spiro atoms. The second kappa shape index (κ2) is 7.09. The summed E-state index contributed by atoms with van der Waals surface area (Å²) < 4.78 is 0. The number of amides is 2. The van der Waals surface area contributed by atoms with Crippen molar-refractivity contribution in [3.8, 4) is 10.7 Å². The molecule has 1 saturated heterocycles. The summed E-state index contributed by atoms with van der Waals surface area (Å²) in [6.07, 6.45) is 3.29. The summed E-state index contributed by atoms with van der Waals surface area (Å²) in [7, 11) is 0. The van der Waals surface area contributed by atoms with Crippen LogP contribution >= 0.6 is 11.3 Å². The van der Waals surface area contributed by atoms with Crippen LogP contribution in [-0.2, 0) is 4.79 Å². The summed E-state index contributed by atoms with van der Waals surface area (Å²) in [5, 5.41) is 3.83. The molecule has 24 heavy (non-hydrogen) atoms. The quantitative estimate of drug-likeness (QED) is 0.927. The molecule has 0 aliphatic carbocycles. The lowest BCUT2D eigenvalue weighted by atomic mass is 10.0. The molecule has 0 saturated carbocycles. The fourth-order valence-corrected chi connectivity index (χ4v) is 3.74. The third-order valence-corrected chi connectivity index (χ3v) is 5.34. The predicted octanol–water partition coefficient (Wildman–Crippen LogP) is 2.25. The topological polar surface area (TPSA) is 75.2 Å². The fourth-order valence-electron chi connectivity index (χ4n) is 2.80. The highest BCUT2D eigenvalue weighted by Crippen LogP contribution is 2.26. The van der Waals surface area contributed by atoms with E-state index in [4.69, 9.17) is 0 Å². The van der Waals surface area contributed by atoms with Gasteiger partial charge in [0.25, 0.3) is 5.91 Å². The molecule has 3 heterocycles. The number of piperidine rings is 1. The maximum absolute atomic E-state index is 12.6. The number of nitrogens with one attached hydrogen (secondary N) is 1. The summed E-state index contributed by atoms with van der Waals surface area (Å²) >= 11 is 1.36. The van der Waals surface area contributed by atoms with Crippen LogP contribution in [-0.4, -0.2) is 45.8 Å². The molecule has 6 nitrogen and oxygen atoms in total. The molecule has 0 radical (unpaired) electrons. The molecule has 0 unspecified atom stereocenters. The monoisotopic (exact) mass is 344 g/mol. The van der Waals surface area contributed by atoms with Gasteiger partial charge in [0.05, 0.1) is 11.4 Å². The van der Waals surface area contributed by atoms with Gasteiger partial charge in [-0.25, -0.2) is 4.98 Å². The van der Waals surface area contributed by atoms with Gasteiger partial charge in [-0.3, -0.25) is 14.6 Å². The van der Waals surface area contributed by atoms with Crippen LogP contribution in [0.25, 0.3) is 10.7 Å². The number of aromatic nitrogens is 2. The minimum atomic E-state index is -0.0894. The van der Waals surface area contributed by atoms with E-state index in [9.17, 15) is 9.59 Å². The standard InChI is InChI=1S/C17H20N4O2S/c1-11-15(24-17(19-11)14-5-3-4-8-18-14)16(23)20-13-6-9-21(10-7-13)12(2)22/h3-5,8,13H,6-7,9-10H2,1-2H3,(H,20,23). The van der Waals surface area contributed by atoms with Crippen molar-refractivity contribution in [3.05, 3.63) is 35.0 Å². The van der Waals surface area contributed by atoms with Crippen LogP contribution in [0.15, 0.2) is 24.4 Å². The molecule has 2 amide bonds. The van der Waals surface area contributed by atoms with E-state index >= 15 is 0 Å². The Morgan fingerprint density at radius 3 is 2.67 bits per heavy atom. The lowest BCUT2D eigenvalue weighted by Gasteiger charge is -2.31. The number of nitrogens with zero attached hydrogens (tertiary/aromatic N) is 3. The van der Waals surface area contributed by atoms with Gasteiger partial charge in [-0.2, -0.15) is 0 Å². The highest BCUT2D eigenvalue weighted by molar-refractivity contribution is 7.17. The number of carbonyl (C=O) groups excluding carboxylic acids is 2. The van der Waals surface area contributed by atoms with Gasteiger partial charge in [-0.1, -0.05) is 6.07 Å². The number of thiazole rings is 1. The Balaban J connectivity index is 1.66. The molecule has 1 aliphatic heterocycles. The first-order valence-corrected chi connectivity index (χ1v) is 8.81. The molecule has 1 fully saturated rings. The van der Waals surface area contributed by atoms with Crippen LogP contribution in [0.3, 0.4) is 0 Å². The number of aryl methyl sites for hydroxylation is 1. The third-order valence-electron chi connectivity index (χ3n) is 4.16. The van der Waals surface area contributed by atoms with Gasteiger partial charge in [-0.15, -0.1) is 11.3 Å². The molecule has 0 aromatic carbocycles. The molecule has 3 rings (SSSR count). The Hall–Kier alpha value is -2.28. The van der Waals surface area contributed by atoms with Crippen molar-refractivity contribution in [3.63, 3.8) is 0 Å². The zero-order valence-corrected chi connectivity index (χ0v) is 14.6. The van der Waals surface area contributed by atoms with Gasteiger partial charge in [0.2, 0.25) is 5.91 Å². The zero-order valence-electron chi connectivity index (χ0n) is 13.8. The van der Waals surface area contributed by atoms with Gasteiger partial charge in [0.1, 0.15) is 9.88 Å². The van der Waals surface area contributed by atoms with Gasteiger partial charge >= 0.3 is 0 Å². The highest BCUT2D eigenvalue weighted by Gasteiger charge is 2.24. The number of rotatable bonds is 3. The lowest BCUT2D eigenvalue weighted by Crippen LogP contribution is -2.45. The Labute approximate surface area is 144 Å². The smallest absolute Gasteiger partial charge is 0.263 e. The van der Waals surface area contributed by atoms with Crippen molar-refractivity contribution >= 4 is 23.2 Å². The Morgan fingerprint density at radius 2 is 2.04 bits per heavy atom. The maximum Gasteiger partial charge on any atom is 0.263 e. The van der Waals surface area contributed by atoms with Gasteiger partial charge in [-0.05, 0) is 31.9 Å². The van der Waals surface area contributed by atoms with Crippen LogP contribution in [0.2, 0.25) is 0 Å². The third kappa shape index (κ3) is 3.62. The number of hydrogen-bond acceptors (Lipinski definition) is 5. The summed E-state index contributed by atoms with van der Waals surface area (Å²) in [4.78, 5) is 35.1. The van der Waals surface area contributed by atoms with Crippen molar-refractivity contribution in [2.45, 2.75) is 32.7 Å². The lowest BCUT2D eigenvalue weighted by molar-refractivity contribution is -0.129. The van der Waals surface area contributed by atoms with Crippen molar-refractivity contribution in [1.82, 2.24) is 20.2 Å². The van der Waals surface area contributed by atoms with Gasteiger partial charge < -0.3 is 10.2 Å². The first-order chi connectivity index (χ1) is 11.5. The molecule has 126 valence electrons. The molecule has 1 N–H and O–H groups in total. The minimum Gasteiger partial charge on any atom is -0.348 e. The molecule has 1 aliphatic rings. The number of carbonyl (C=O) groups is 2. The van der Waals surface area contributed by atoms with E-state index in [0.717, 1.165) is 29.2 Å². The normalized spacial score (nSPS) is 15.3. The van der Waals surface area contributed by atoms with E-state index in [1.807, 2.05) is 30.0 Å². The van der Waals surface area contributed by atoms with E-state index in [0.29, 0.717) is 18.0 Å². The first kappa shape index (κ1) is 16.6. The van der Waals surface area contributed by atoms with Crippen LogP contribution in [0, 0.1) is 6.92 Å².